The van der Waals surface area contributed by atoms with Crippen molar-refractivity contribution in [2.75, 3.05) is 38.7 Å². The molecule has 6 rings (SSSR count). The number of carbonyl (C=O) groups is 1. The number of nitrogens with zero attached hydrogens (tertiary/aromatic N) is 4. The lowest BCUT2D eigenvalue weighted by atomic mass is 10.1. The van der Waals surface area contributed by atoms with Crippen molar-refractivity contribution in [3.63, 3.8) is 0 Å². The van der Waals surface area contributed by atoms with E-state index in [1.807, 2.05) is 13.0 Å². The highest BCUT2D eigenvalue weighted by atomic mass is 32.2. The van der Waals surface area contributed by atoms with Crippen molar-refractivity contribution < 1.29 is 27.8 Å². The van der Waals surface area contributed by atoms with Crippen LogP contribution in [-0.2, 0) is 15.8 Å². The first-order valence-electron chi connectivity index (χ1n) is 13.4. The van der Waals surface area contributed by atoms with Crippen molar-refractivity contribution in [3.8, 4) is 11.6 Å². The van der Waals surface area contributed by atoms with Crippen molar-refractivity contribution in [3.05, 3.63) is 71.9 Å². The van der Waals surface area contributed by atoms with Crippen LogP contribution >= 0.6 is 0 Å². The molecule has 2 N–H and O–H groups in total. The minimum atomic E-state index is -3.80. The summed E-state index contributed by atoms with van der Waals surface area (Å²) in [6.07, 6.45) is 2.42. The van der Waals surface area contributed by atoms with E-state index in [1.165, 1.54) is 13.3 Å². The average Bonchev–Trinajstić information content (AvgIpc) is 3.28. The summed E-state index contributed by atoms with van der Waals surface area (Å²) in [6, 6.07) is 15.6. The molecule has 2 aliphatic rings. The Balaban J connectivity index is 1.30. The third kappa shape index (κ3) is 4.97. The van der Waals surface area contributed by atoms with E-state index in [0.29, 0.717) is 53.6 Å². The highest BCUT2D eigenvalue weighted by Gasteiger charge is 2.60. The Morgan fingerprint density at radius 1 is 1.17 bits per heavy atom. The number of rotatable bonds is 10. The molecule has 2 unspecified atom stereocenters. The van der Waals surface area contributed by atoms with Crippen molar-refractivity contribution in [1.29, 1.82) is 0 Å². The molecule has 3 heterocycles. The first-order valence-corrected chi connectivity index (χ1v) is 15.0. The Morgan fingerprint density at radius 3 is 2.68 bits per heavy atom. The zero-order valence-corrected chi connectivity index (χ0v) is 23.6. The van der Waals surface area contributed by atoms with Gasteiger partial charge in [0.25, 0.3) is 5.91 Å². The minimum Gasteiger partial charge on any atom is -0.495 e. The lowest BCUT2D eigenvalue weighted by molar-refractivity contribution is 0.0751. The summed E-state index contributed by atoms with van der Waals surface area (Å²) in [5.41, 5.74) is 1.66. The Labute approximate surface area is 237 Å². The van der Waals surface area contributed by atoms with Crippen LogP contribution in [0.4, 0.5) is 11.6 Å². The van der Waals surface area contributed by atoms with E-state index in [9.17, 15) is 18.3 Å². The molecule has 0 radical (unpaired) electrons. The van der Waals surface area contributed by atoms with E-state index in [-0.39, 0.29) is 41.2 Å². The summed E-state index contributed by atoms with van der Waals surface area (Å²) in [5, 5.41) is 13.3. The highest BCUT2D eigenvalue weighted by molar-refractivity contribution is 7.89. The zero-order chi connectivity index (χ0) is 28.8. The number of hydrogen-bond donors (Lipinski definition) is 2. The topological polar surface area (TPSA) is 136 Å². The summed E-state index contributed by atoms with van der Waals surface area (Å²) >= 11 is 0. The highest BCUT2D eigenvalue weighted by Crippen LogP contribution is 2.57. The Kier molecular flexibility index (Phi) is 6.82. The second kappa shape index (κ2) is 10.3. The molecule has 1 aliphatic carbocycles. The predicted octanol–water partition coefficient (Wildman–Crippen LogP) is 3.41. The number of carbonyl (C=O) groups excluding carboxylic acids is 1. The maximum atomic E-state index is 13.4. The third-order valence-electron chi connectivity index (χ3n) is 7.85. The molecule has 0 spiro atoms. The fourth-order valence-corrected chi connectivity index (χ4v) is 6.97. The number of aromatic nitrogens is 3. The molecule has 4 aromatic rings. The third-order valence-corrected chi connectivity index (χ3v) is 9.44. The van der Waals surface area contributed by atoms with Gasteiger partial charge in [-0.25, -0.2) is 12.4 Å². The number of likely N-dealkylation sites (tertiary alicyclic amines) is 1. The van der Waals surface area contributed by atoms with Gasteiger partial charge in [0, 0.05) is 30.3 Å². The van der Waals surface area contributed by atoms with Crippen LogP contribution in [0.15, 0.2) is 60.8 Å². The van der Waals surface area contributed by atoms with Gasteiger partial charge in [0.1, 0.15) is 5.75 Å². The molecule has 2 atom stereocenters. The van der Waals surface area contributed by atoms with Crippen LogP contribution in [0.2, 0.25) is 0 Å². The van der Waals surface area contributed by atoms with E-state index in [4.69, 9.17) is 9.47 Å². The smallest absolute Gasteiger partial charge is 0.254 e. The molecule has 11 nitrogen and oxygen atoms in total. The number of anilines is 2. The van der Waals surface area contributed by atoms with E-state index >= 15 is 0 Å². The van der Waals surface area contributed by atoms with E-state index in [2.05, 4.69) is 15.3 Å². The van der Waals surface area contributed by atoms with Gasteiger partial charge >= 0.3 is 0 Å². The molecule has 2 aromatic heterocycles. The predicted molar refractivity (Wildman–Crippen MR) is 153 cm³/mol. The molecule has 1 amide bonds. The zero-order valence-electron chi connectivity index (χ0n) is 22.8. The lowest BCUT2D eigenvalue weighted by Gasteiger charge is -2.21. The van der Waals surface area contributed by atoms with Gasteiger partial charge in [-0.2, -0.15) is 9.97 Å². The van der Waals surface area contributed by atoms with Gasteiger partial charge in [-0.05, 0) is 49.1 Å². The van der Waals surface area contributed by atoms with Gasteiger partial charge in [-0.1, -0.05) is 30.3 Å². The van der Waals surface area contributed by atoms with Crippen LogP contribution in [0, 0.1) is 11.3 Å². The van der Waals surface area contributed by atoms with Gasteiger partial charge in [-0.15, -0.1) is 0 Å². The van der Waals surface area contributed by atoms with Crippen molar-refractivity contribution in [2.45, 2.75) is 19.1 Å². The van der Waals surface area contributed by atoms with Crippen LogP contribution in [0.25, 0.3) is 11.0 Å². The fourth-order valence-electron chi connectivity index (χ4n) is 5.57. The normalized spacial score (nSPS) is 19.7. The SMILES string of the molecule is CCOc1nc(Nc2ccc(C(=O)N3CC4CC4(CO)C3)cc2OC)nc2c1ccn2S(=O)(=O)Cc1ccccc1. The summed E-state index contributed by atoms with van der Waals surface area (Å²) in [4.78, 5) is 24.0. The summed E-state index contributed by atoms with van der Waals surface area (Å²) in [6.45, 7) is 3.43. The first kappa shape index (κ1) is 27.0. The number of ether oxygens (including phenoxy) is 2. The lowest BCUT2D eigenvalue weighted by Crippen LogP contribution is -2.32. The van der Waals surface area contributed by atoms with Gasteiger partial charge in [0.15, 0.2) is 5.65 Å². The van der Waals surface area contributed by atoms with E-state index in [0.717, 1.165) is 10.4 Å². The Hall–Kier alpha value is -4.16. The number of aliphatic hydroxyl groups is 1. The van der Waals surface area contributed by atoms with Gasteiger partial charge in [-0.3, -0.25) is 4.79 Å². The number of benzene rings is 2. The van der Waals surface area contributed by atoms with Gasteiger partial charge < -0.3 is 24.8 Å². The molecule has 2 aromatic carbocycles. The standard InChI is InChI=1S/C29H31N5O6S/c1-3-40-26-22-11-12-34(41(37,38)16-19-7-5-4-6-8-19)25(22)31-28(32-26)30-23-10-9-20(13-24(23)39-2)27(36)33-15-21-14-29(21,17-33)18-35/h4-13,21,35H,3,14-18H2,1-2H3,(H,30,31,32). The van der Waals surface area contributed by atoms with E-state index < -0.39 is 10.0 Å². The number of piperidine rings is 1. The second-order valence-corrected chi connectivity index (χ2v) is 12.4. The monoisotopic (exact) mass is 577 g/mol. The summed E-state index contributed by atoms with van der Waals surface area (Å²) in [7, 11) is -2.30. The molecule has 2 fully saturated rings. The van der Waals surface area contributed by atoms with Gasteiger partial charge in [0.2, 0.25) is 21.9 Å². The second-order valence-electron chi connectivity index (χ2n) is 10.5. The maximum absolute atomic E-state index is 13.4. The molecule has 1 aliphatic heterocycles. The van der Waals surface area contributed by atoms with Crippen molar-refractivity contribution in [1.82, 2.24) is 18.8 Å². The molecular weight excluding hydrogens is 546 g/mol. The largest absolute Gasteiger partial charge is 0.495 e. The fraction of sp³-hybridized carbons (Fsp3) is 0.345. The number of fused-ring (bicyclic) bond motifs is 2. The van der Waals surface area contributed by atoms with Crippen LogP contribution in [0.5, 0.6) is 11.6 Å². The van der Waals surface area contributed by atoms with Crippen molar-refractivity contribution in [2.24, 2.45) is 11.3 Å². The molecule has 1 saturated heterocycles. The Bertz CT molecular complexity index is 1720. The van der Waals surface area contributed by atoms with Crippen LogP contribution in [0.1, 0.15) is 29.3 Å². The maximum Gasteiger partial charge on any atom is 0.254 e. The summed E-state index contributed by atoms with van der Waals surface area (Å²) in [5.74, 6) is 0.789. The minimum absolute atomic E-state index is 0.0959. The van der Waals surface area contributed by atoms with Gasteiger partial charge in [0.05, 0.1) is 37.2 Å². The number of hydrogen-bond acceptors (Lipinski definition) is 9. The van der Waals surface area contributed by atoms with Crippen molar-refractivity contribution >= 4 is 38.6 Å². The molecule has 12 heteroatoms. The van der Waals surface area contributed by atoms with Crippen LogP contribution in [0.3, 0.4) is 0 Å². The molecule has 1 saturated carbocycles. The molecule has 41 heavy (non-hydrogen) atoms. The Morgan fingerprint density at radius 2 is 1.98 bits per heavy atom. The van der Waals surface area contributed by atoms with Crippen LogP contribution < -0.4 is 14.8 Å². The number of aliphatic hydroxyl groups excluding tert-OH is 1. The van der Waals surface area contributed by atoms with Crippen LogP contribution in [-0.4, -0.2) is 71.7 Å². The quantitative estimate of drug-likeness (QED) is 0.291. The number of nitrogens with one attached hydrogen (secondary N) is 1. The summed E-state index contributed by atoms with van der Waals surface area (Å²) < 4.78 is 39.2. The molecular formula is C29H31N5O6S. The molecule has 0 bridgehead atoms. The molecule has 214 valence electrons. The van der Waals surface area contributed by atoms with E-state index in [1.54, 1.807) is 53.4 Å². The average molecular weight is 578 g/mol. The number of methoxy groups -OCH3 is 1. The number of amides is 1. The first-order chi connectivity index (χ1) is 19.8.